The molecule has 4 heterocycles. The lowest BCUT2D eigenvalue weighted by Crippen LogP contribution is -2.13. The van der Waals surface area contributed by atoms with Crippen molar-refractivity contribution in [3.8, 4) is 27.9 Å². The Balaban J connectivity index is 1.45. The van der Waals surface area contributed by atoms with Crippen LogP contribution < -0.4 is 14.8 Å². The van der Waals surface area contributed by atoms with E-state index in [4.69, 9.17) is 14.5 Å². The van der Waals surface area contributed by atoms with Crippen molar-refractivity contribution in [2.24, 2.45) is 0 Å². The van der Waals surface area contributed by atoms with E-state index in [1.54, 1.807) is 10.7 Å². The van der Waals surface area contributed by atoms with Crippen molar-refractivity contribution < 1.29 is 14.3 Å². The first-order valence-electron chi connectivity index (χ1n) is 8.45. The topological polar surface area (TPSA) is 78.3 Å². The molecule has 0 spiro atoms. The number of hydrogen-bond donors (Lipinski definition) is 1. The molecule has 28 heavy (non-hydrogen) atoms. The third-order valence-electron chi connectivity index (χ3n) is 4.16. The van der Waals surface area contributed by atoms with Crippen molar-refractivity contribution in [1.29, 1.82) is 0 Å². The van der Waals surface area contributed by atoms with Gasteiger partial charge in [-0.1, -0.05) is 6.07 Å². The number of nitrogens with zero attached hydrogens (tertiary/aromatic N) is 3. The van der Waals surface area contributed by atoms with E-state index in [0.29, 0.717) is 21.6 Å². The lowest BCUT2D eigenvalue weighted by molar-refractivity contribution is 0.103. The molecule has 0 radical (unpaired) electrons. The van der Waals surface area contributed by atoms with Gasteiger partial charge in [-0.25, -0.2) is 4.98 Å². The van der Waals surface area contributed by atoms with E-state index in [2.05, 4.69) is 10.4 Å². The van der Waals surface area contributed by atoms with Gasteiger partial charge in [-0.05, 0) is 36.6 Å². The molecule has 1 amide bonds. The fourth-order valence-electron chi connectivity index (χ4n) is 2.87. The number of rotatable bonds is 4. The molecule has 1 aromatic carbocycles. The summed E-state index contributed by atoms with van der Waals surface area (Å²) in [6.45, 7) is 2.12. The molecule has 140 valence electrons. The summed E-state index contributed by atoms with van der Waals surface area (Å²) >= 11 is 2.84. The van der Waals surface area contributed by atoms with E-state index in [0.717, 1.165) is 22.7 Å². The fourth-order valence-corrected chi connectivity index (χ4v) is 4.28. The third-order valence-corrected chi connectivity index (χ3v) is 5.84. The first kappa shape index (κ1) is 17.0. The number of aryl methyl sites for hydroxylation is 1. The first-order chi connectivity index (χ1) is 13.7. The number of thiophene rings is 1. The lowest BCUT2D eigenvalue weighted by atomic mass is 10.1. The zero-order chi connectivity index (χ0) is 19.1. The summed E-state index contributed by atoms with van der Waals surface area (Å²) in [6, 6.07) is 11.2. The molecular formula is C19H14N4O3S2. The minimum atomic E-state index is -0.163. The number of carbonyl (C=O) groups is 1. The number of nitrogens with one attached hydrogen (secondary N) is 1. The van der Waals surface area contributed by atoms with Crippen LogP contribution in [-0.2, 0) is 0 Å². The molecule has 0 atom stereocenters. The second-order valence-corrected chi connectivity index (χ2v) is 7.88. The lowest BCUT2D eigenvalue weighted by Gasteiger charge is -2.05. The molecule has 0 saturated heterocycles. The van der Waals surface area contributed by atoms with Crippen LogP contribution in [0.15, 0.2) is 47.2 Å². The number of ether oxygens (including phenoxy) is 2. The van der Waals surface area contributed by atoms with Crippen LogP contribution in [0, 0.1) is 6.92 Å². The maximum absolute atomic E-state index is 12.4. The van der Waals surface area contributed by atoms with Crippen LogP contribution >= 0.6 is 22.7 Å². The highest BCUT2D eigenvalue weighted by Gasteiger charge is 2.18. The van der Waals surface area contributed by atoms with Gasteiger partial charge in [0.1, 0.15) is 5.82 Å². The van der Waals surface area contributed by atoms with Gasteiger partial charge in [0.2, 0.25) is 11.9 Å². The molecule has 0 fully saturated rings. The normalized spacial score (nSPS) is 12.3. The summed E-state index contributed by atoms with van der Waals surface area (Å²) < 4.78 is 12.5. The number of fused-ring (bicyclic) bond motifs is 1. The molecule has 1 N–H and O–H groups in total. The molecule has 1 aliphatic heterocycles. The predicted molar refractivity (Wildman–Crippen MR) is 108 cm³/mol. The summed E-state index contributed by atoms with van der Waals surface area (Å²) in [5.74, 6) is 1.87. The maximum Gasteiger partial charge on any atom is 0.266 e. The third kappa shape index (κ3) is 3.04. The fraction of sp³-hybridized carbons (Fsp3) is 0.105. The standard InChI is InChI=1S/C19H14N4O3S2/c1-11-7-17(21-18(24)16-3-2-6-27-16)23(22-11)19-20-13(9-28-19)12-4-5-14-15(8-12)26-10-25-14/h2-9H,10H2,1H3,(H,21,24). The van der Waals surface area contributed by atoms with E-state index in [9.17, 15) is 4.79 Å². The summed E-state index contributed by atoms with van der Waals surface area (Å²) in [5.41, 5.74) is 2.53. The molecule has 9 heteroatoms. The van der Waals surface area contributed by atoms with E-state index in [1.807, 2.05) is 48.0 Å². The van der Waals surface area contributed by atoms with Crippen molar-refractivity contribution in [2.45, 2.75) is 6.92 Å². The largest absolute Gasteiger partial charge is 0.454 e. The van der Waals surface area contributed by atoms with Crippen LogP contribution in [0.3, 0.4) is 0 Å². The zero-order valence-corrected chi connectivity index (χ0v) is 16.3. The number of aromatic nitrogens is 3. The van der Waals surface area contributed by atoms with Gasteiger partial charge in [-0.3, -0.25) is 4.79 Å². The van der Waals surface area contributed by atoms with Crippen LogP contribution in [-0.4, -0.2) is 27.5 Å². The molecule has 7 nitrogen and oxygen atoms in total. The second-order valence-electron chi connectivity index (χ2n) is 6.10. The van der Waals surface area contributed by atoms with Crippen LogP contribution in [0.2, 0.25) is 0 Å². The Hall–Kier alpha value is -3.17. The van der Waals surface area contributed by atoms with Gasteiger partial charge in [0.15, 0.2) is 11.5 Å². The smallest absolute Gasteiger partial charge is 0.266 e. The van der Waals surface area contributed by atoms with Crippen LogP contribution in [0.5, 0.6) is 11.5 Å². The SMILES string of the molecule is Cc1cc(NC(=O)c2cccs2)n(-c2nc(-c3ccc4c(c3)OCO4)cs2)n1. The number of hydrogen-bond acceptors (Lipinski definition) is 7. The Bertz CT molecular complexity index is 1160. The Morgan fingerprint density at radius 3 is 2.93 bits per heavy atom. The molecule has 5 rings (SSSR count). The monoisotopic (exact) mass is 410 g/mol. The van der Waals surface area contributed by atoms with Gasteiger partial charge in [0.05, 0.1) is 16.3 Å². The number of thiazole rings is 1. The Morgan fingerprint density at radius 2 is 2.07 bits per heavy atom. The Morgan fingerprint density at radius 1 is 1.18 bits per heavy atom. The minimum Gasteiger partial charge on any atom is -0.454 e. The van der Waals surface area contributed by atoms with Gasteiger partial charge in [0, 0.05) is 17.0 Å². The first-order valence-corrected chi connectivity index (χ1v) is 10.2. The van der Waals surface area contributed by atoms with Crippen molar-refractivity contribution in [3.05, 3.63) is 57.7 Å². The van der Waals surface area contributed by atoms with E-state index in [-0.39, 0.29) is 12.7 Å². The highest BCUT2D eigenvalue weighted by Crippen LogP contribution is 2.36. The molecule has 1 aliphatic rings. The molecule has 0 aliphatic carbocycles. The number of benzene rings is 1. The van der Waals surface area contributed by atoms with Crippen molar-refractivity contribution in [2.75, 3.05) is 12.1 Å². The number of amides is 1. The highest BCUT2D eigenvalue weighted by atomic mass is 32.1. The average Bonchev–Trinajstić information content (AvgIpc) is 3.47. The van der Waals surface area contributed by atoms with E-state index < -0.39 is 0 Å². The zero-order valence-electron chi connectivity index (χ0n) is 14.7. The predicted octanol–water partition coefficient (Wildman–Crippen LogP) is 4.35. The molecule has 4 aromatic rings. The van der Waals surface area contributed by atoms with Crippen LogP contribution in [0.25, 0.3) is 16.4 Å². The number of carbonyl (C=O) groups excluding carboxylic acids is 1. The van der Waals surface area contributed by atoms with Gasteiger partial charge < -0.3 is 14.8 Å². The van der Waals surface area contributed by atoms with Crippen molar-refractivity contribution in [3.63, 3.8) is 0 Å². The molecule has 0 unspecified atom stereocenters. The quantitative estimate of drug-likeness (QED) is 0.541. The average molecular weight is 410 g/mol. The van der Waals surface area contributed by atoms with Gasteiger partial charge in [-0.15, -0.1) is 22.7 Å². The van der Waals surface area contributed by atoms with E-state index >= 15 is 0 Å². The molecule has 0 saturated carbocycles. The highest BCUT2D eigenvalue weighted by molar-refractivity contribution is 7.12. The summed E-state index contributed by atoms with van der Waals surface area (Å²) in [4.78, 5) is 17.8. The molecule has 0 bridgehead atoms. The van der Waals surface area contributed by atoms with Crippen molar-refractivity contribution in [1.82, 2.24) is 14.8 Å². The molecule has 3 aromatic heterocycles. The van der Waals surface area contributed by atoms with Crippen LogP contribution in [0.1, 0.15) is 15.4 Å². The van der Waals surface area contributed by atoms with Crippen molar-refractivity contribution >= 4 is 34.4 Å². The second kappa shape index (κ2) is 6.77. The summed E-state index contributed by atoms with van der Waals surface area (Å²) in [6.07, 6.45) is 0. The summed E-state index contributed by atoms with van der Waals surface area (Å²) in [7, 11) is 0. The summed E-state index contributed by atoms with van der Waals surface area (Å²) in [5, 5.41) is 11.9. The van der Waals surface area contributed by atoms with Gasteiger partial charge in [0.25, 0.3) is 5.91 Å². The maximum atomic E-state index is 12.4. The van der Waals surface area contributed by atoms with E-state index in [1.165, 1.54) is 22.7 Å². The van der Waals surface area contributed by atoms with Gasteiger partial charge in [-0.2, -0.15) is 9.78 Å². The number of anilines is 1. The Labute approximate surface area is 168 Å². The van der Waals surface area contributed by atoms with Gasteiger partial charge >= 0.3 is 0 Å². The Kier molecular flexibility index (Phi) is 4.10. The molecular weight excluding hydrogens is 396 g/mol. The minimum absolute atomic E-state index is 0.163. The van der Waals surface area contributed by atoms with Crippen LogP contribution in [0.4, 0.5) is 5.82 Å².